The molecule has 7 heterocycles. The predicted molar refractivity (Wildman–Crippen MR) is 423 cm³/mol. The minimum Gasteiger partial charge on any atom is -0.380 e. The quantitative estimate of drug-likeness (QED) is 0.113. The van der Waals surface area contributed by atoms with Gasteiger partial charge in [-0.3, -0.25) is 0 Å². The van der Waals surface area contributed by atoms with Gasteiger partial charge in [0.1, 0.15) is 0 Å². The number of nitrogens with zero attached hydrogens (tertiary/aromatic N) is 7. The molecule has 0 saturated carbocycles. The molecule has 0 fully saturated rings. The minimum absolute atomic E-state index is 0. The number of pyridine rings is 6. The predicted octanol–water partition coefficient (Wildman–Crippen LogP) is 23.5. The van der Waals surface area contributed by atoms with E-state index in [1.807, 2.05) is 201 Å². The maximum Gasteiger partial charge on any atom is 0.0391 e. The summed E-state index contributed by atoms with van der Waals surface area (Å²) in [5.41, 5.74) is 24.3. The van der Waals surface area contributed by atoms with Gasteiger partial charge in [0.25, 0.3) is 0 Å². The maximum absolute atomic E-state index is 4.52. The molecule has 0 unspecified atom stereocenters. The Morgan fingerprint density at radius 1 is 0.315 bits per heavy atom. The molecule has 0 aliphatic carbocycles. The second-order valence-electron chi connectivity index (χ2n) is 25.3. The van der Waals surface area contributed by atoms with Gasteiger partial charge in [0, 0.05) is 169 Å². The molecule has 0 aliphatic heterocycles. The van der Waals surface area contributed by atoms with Gasteiger partial charge in [-0.05, 0) is 131 Å². The third kappa shape index (κ3) is 26.7. The zero-order valence-corrected chi connectivity index (χ0v) is 75.2. The average molecular weight is 2470 g/mol. The number of fused-ring (bicyclic) bond motifs is 3. The Labute approximate surface area is 719 Å². The van der Waals surface area contributed by atoms with Crippen LogP contribution in [-0.2, 0) is 134 Å². The van der Waals surface area contributed by atoms with Crippen LogP contribution < -0.4 is 0 Å². The molecule has 0 atom stereocenters. The van der Waals surface area contributed by atoms with Gasteiger partial charge >= 0.3 is 0 Å². The first-order valence-corrected chi connectivity index (χ1v) is 34.5. The first-order chi connectivity index (χ1) is 50.0. The van der Waals surface area contributed by atoms with Crippen LogP contribution in [-0.4, -0.2) is 34.5 Å². The van der Waals surface area contributed by atoms with Gasteiger partial charge in [-0.2, -0.15) is 0 Å². The number of aromatic nitrogens is 7. The molecule has 0 aliphatic rings. The maximum atomic E-state index is 4.52. The first-order valence-electron chi connectivity index (χ1n) is 34.5. The third-order valence-corrected chi connectivity index (χ3v) is 16.4. The second kappa shape index (κ2) is 47.5. The topological polar surface area (TPSA) is 82.3 Å². The largest absolute Gasteiger partial charge is 0.380 e. The molecule has 13 heteroatoms. The van der Waals surface area contributed by atoms with Crippen LogP contribution in [0.15, 0.2) is 328 Å². The SMILES string of the molecule is CC(C)Cc1ccnc(-c2[c-]ccc(-c3ccccc3)c2)c1.CC(C)Cn1c2c[c-]c(-c3ccccn3)cc2c2ccccc21.Cc1cc[c-]c(-c2cccc(C)n2)c1.Cc1cccnc1-c1[c-]cccc1.[Ir].[Ir].[Ir].[Ir].[Ir].[Ir].[c-]1ccc(-c2ccccc2)cc1-c1ccccn1.[c-]1ccccc1-c1ccccn1. The molecule has 7 nitrogen and oxygen atoms in total. The number of hydrogen-bond donors (Lipinski definition) is 0. The summed E-state index contributed by atoms with van der Waals surface area (Å²) >= 11 is 0. The third-order valence-electron chi connectivity index (χ3n) is 16.4. The zero-order valence-electron chi connectivity index (χ0n) is 60.9. The number of benzene rings is 9. The first kappa shape index (κ1) is 90.2. The molecular weight excluding hydrogens is 2390 g/mol. The van der Waals surface area contributed by atoms with E-state index in [2.05, 4.69) is 234 Å². The van der Waals surface area contributed by atoms with E-state index >= 15 is 0 Å². The van der Waals surface area contributed by atoms with Crippen molar-refractivity contribution in [2.24, 2.45) is 11.8 Å². The number of hydrogen-bond acceptors (Lipinski definition) is 6. The Morgan fingerprint density at radius 2 is 0.796 bits per heavy atom. The molecule has 9 aromatic carbocycles. The van der Waals surface area contributed by atoms with Crippen molar-refractivity contribution in [3.05, 3.63) is 387 Å². The molecule has 556 valence electrons. The molecule has 6 radical (unpaired) electrons. The summed E-state index contributed by atoms with van der Waals surface area (Å²) in [5, 5.41) is 2.58. The van der Waals surface area contributed by atoms with Gasteiger partial charge in [-0.1, -0.05) is 191 Å². The van der Waals surface area contributed by atoms with Crippen LogP contribution in [0.1, 0.15) is 50.1 Å². The van der Waals surface area contributed by atoms with Crippen molar-refractivity contribution in [3.8, 4) is 89.8 Å². The van der Waals surface area contributed by atoms with E-state index in [9.17, 15) is 0 Å². The van der Waals surface area contributed by atoms with Crippen molar-refractivity contribution in [1.82, 2.24) is 34.5 Å². The standard InChI is InChI=1S/C21H19N2.C21H20N.C17H12N.C13H12N.C12H10N.C11H8N.6Ir/c1-15(2)14-23-20-9-4-3-7-17(20)18-13-16(10-11-21(18)23)19-8-5-6-12-22-19;1-16(2)13-17-11-12-22-21(14-17)20-10-6-9-19(15-20)18-7-4-3-5-8-18;1-2-7-14(8-3-1)15-9-6-10-16(13-15)17-11-4-5-12-18-17;1-10-5-3-7-12(9-10)13-8-4-6-11(2)14-13;1-10-6-5-9-13-12(10)11-7-3-2-4-8-11;1-2-6-10(7-3-1)11-8-4-5-9-12-11;;;;;;/h3-9,11-13,15H,14H2,1-2H3;3-9,11-12,14-16H,13H2,1-2H3;1-9,11-13H;3-6,8-9H,1-2H3;2-7,9H,1H3;1-6,8-9H;;;;;;/q6*-1;;;;;;. The molecular formula is C95H81Ir6N7-6. The summed E-state index contributed by atoms with van der Waals surface area (Å²) in [6.07, 6.45) is 10.2. The number of rotatable bonds is 12. The average Bonchev–Trinajstić information content (AvgIpc) is 1.60. The molecule has 7 aromatic heterocycles. The van der Waals surface area contributed by atoms with Crippen molar-refractivity contribution < 1.29 is 121 Å². The van der Waals surface area contributed by atoms with Crippen LogP contribution in [0.5, 0.6) is 0 Å². The summed E-state index contributed by atoms with van der Waals surface area (Å²) in [7, 11) is 0. The second-order valence-corrected chi connectivity index (χ2v) is 25.3. The Hall–Kier alpha value is -8.42. The van der Waals surface area contributed by atoms with Crippen LogP contribution in [0.25, 0.3) is 112 Å². The summed E-state index contributed by atoms with van der Waals surface area (Å²) in [6, 6.07) is 119. The van der Waals surface area contributed by atoms with E-state index in [0.717, 1.165) is 86.2 Å². The molecule has 16 rings (SSSR count). The zero-order chi connectivity index (χ0) is 70.7. The number of para-hydroxylation sites is 1. The van der Waals surface area contributed by atoms with Crippen molar-refractivity contribution in [2.75, 3.05) is 0 Å². The summed E-state index contributed by atoms with van der Waals surface area (Å²) in [4.78, 5) is 26.3. The molecule has 0 saturated heterocycles. The molecule has 16 aromatic rings. The van der Waals surface area contributed by atoms with Crippen LogP contribution >= 0.6 is 0 Å². The van der Waals surface area contributed by atoms with Crippen LogP contribution in [0.2, 0.25) is 0 Å². The van der Waals surface area contributed by atoms with Crippen molar-refractivity contribution in [1.29, 1.82) is 0 Å². The fourth-order valence-electron chi connectivity index (χ4n) is 11.6. The Kier molecular flexibility index (Phi) is 39.7. The molecule has 0 bridgehead atoms. The number of aryl methyl sites for hydroxylation is 3. The summed E-state index contributed by atoms with van der Waals surface area (Å²) < 4.78 is 2.41. The van der Waals surface area contributed by atoms with Crippen molar-refractivity contribution >= 4 is 21.8 Å². The van der Waals surface area contributed by atoms with E-state index in [0.29, 0.717) is 11.8 Å². The molecule has 0 spiro atoms. The molecule has 0 N–H and O–H groups in total. The normalized spacial score (nSPS) is 9.97. The van der Waals surface area contributed by atoms with E-state index < -0.39 is 0 Å². The van der Waals surface area contributed by atoms with Crippen LogP contribution in [0.4, 0.5) is 0 Å². The van der Waals surface area contributed by atoms with Gasteiger partial charge < -0.3 is 34.5 Å². The van der Waals surface area contributed by atoms with Crippen LogP contribution in [0, 0.1) is 69.0 Å². The van der Waals surface area contributed by atoms with Gasteiger partial charge in [0.15, 0.2) is 0 Å². The molecule has 0 amide bonds. The van der Waals surface area contributed by atoms with E-state index in [4.69, 9.17) is 0 Å². The van der Waals surface area contributed by atoms with E-state index in [1.165, 1.54) is 60.8 Å². The Bertz CT molecular complexity index is 5080. The fraction of sp³-hybridized carbons (Fsp3) is 0.116. The van der Waals surface area contributed by atoms with Gasteiger partial charge in [-0.25, -0.2) is 0 Å². The summed E-state index contributed by atoms with van der Waals surface area (Å²) in [6.45, 7) is 16.1. The molecule has 108 heavy (non-hydrogen) atoms. The van der Waals surface area contributed by atoms with E-state index in [-0.39, 0.29) is 121 Å². The fourth-order valence-corrected chi connectivity index (χ4v) is 11.6. The Balaban J connectivity index is 0.000000233. The van der Waals surface area contributed by atoms with Gasteiger partial charge in [0.05, 0.1) is 0 Å². The summed E-state index contributed by atoms with van der Waals surface area (Å²) in [5.74, 6) is 1.25. The monoisotopic (exact) mass is 2480 g/mol. The van der Waals surface area contributed by atoms with Gasteiger partial charge in [-0.15, -0.1) is 202 Å². The van der Waals surface area contributed by atoms with Crippen molar-refractivity contribution in [3.63, 3.8) is 0 Å². The smallest absolute Gasteiger partial charge is 0.0391 e. The minimum atomic E-state index is 0. The van der Waals surface area contributed by atoms with Crippen LogP contribution in [0.3, 0.4) is 0 Å². The van der Waals surface area contributed by atoms with Gasteiger partial charge in [0.2, 0.25) is 0 Å². The Morgan fingerprint density at radius 3 is 1.32 bits per heavy atom. The van der Waals surface area contributed by atoms with Crippen molar-refractivity contribution in [2.45, 2.75) is 61.4 Å². The van der Waals surface area contributed by atoms with E-state index in [1.54, 1.807) is 12.4 Å².